The molecular formula is C20H20O4. The Labute approximate surface area is 142 Å². The van der Waals surface area contributed by atoms with Crippen LogP contribution in [0.3, 0.4) is 0 Å². The van der Waals surface area contributed by atoms with E-state index in [0.29, 0.717) is 29.4 Å². The van der Waals surface area contributed by atoms with Gasteiger partial charge in [-0.3, -0.25) is 4.79 Å². The molecule has 0 bridgehead atoms. The molecule has 0 aromatic heterocycles. The summed E-state index contributed by atoms with van der Waals surface area (Å²) in [5.41, 5.74) is 1.41. The molecule has 2 aromatic carbocycles. The van der Waals surface area contributed by atoms with Crippen LogP contribution in [0.2, 0.25) is 0 Å². The lowest BCUT2D eigenvalue weighted by molar-refractivity contribution is 0.104. The highest BCUT2D eigenvalue weighted by atomic mass is 16.5. The van der Waals surface area contributed by atoms with E-state index < -0.39 is 0 Å². The van der Waals surface area contributed by atoms with E-state index in [4.69, 9.17) is 14.2 Å². The van der Waals surface area contributed by atoms with Gasteiger partial charge in [0.2, 0.25) is 5.75 Å². The van der Waals surface area contributed by atoms with Crippen molar-refractivity contribution >= 4 is 11.9 Å². The van der Waals surface area contributed by atoms with Crippen molar-refractivity contribution < 1.29 is 19.0 Å². The van der Waals surface area contributed by atoms with E-state index in [1.54, 1.807) is 50.6 Å². The van der Waals surface area contributed by atoms with Crippen molar-refractivity contribution in [1.82, 2.24) is 0 Å². The van der Waals surface area contributed by atoms with Gasteiger partial charge in [-0.2, -0.15) is 0 Å². The van der Waals surface area contributed by atoms with Gasteiger partial charge in [0.15, 0.2) is 17.3 Å². The molecule has 0 aliphatic rings. The maximum absolute atomic E-state index is 12.2. The van der Waals surface area contributed by atoms with E-state index in [-0.39, 0.29) is 5.78 Å². The molecule has 0 fully saturated rings. The quantitative estimate of drug-likeness (QED) is 0.415. The van der Waals surface area contributed by atoms with Gasteiger partial charge in [0.1, 0.15) is 6.61 Å². The van der Waals surface area contributed by atoms with Crippen molar-refractivity contribution in [2.45, 2.75) is 0 Å². The van der Waals surface area contributed by atoms with Crippen LogP contribution in [0, 0.1) is 0 Å². The standard InChI is InChI=1S/C20H20O4/c1-4-12-24-20-18(22-2)13-15(14-19(20)23-3)10-11-17(21)16-8-6-5-7-9-16/h4-11,13-14H,1,12H2,2-3H3. The summed E-state index contributed by atoms with van der Waals surface area (Å²) in [4.78, 5) is 12.2. The molecule has 0 aliphatic heterocycles. The van der Waals surface area contributed by atoms with Gasteiger partial charge in [-0.15, -0.1) is 0 Å². The number of methoxy groups -OCH3 is 2. The number of carbonyl (C=O) groups excluding carboxylic acids is 1. The monoisotopic (exact) mass is 324 g/mol. The lowest BCUT2D eigenvalue weighted by Crippen LogP contribution is -2.00. The molecule has 0 aliphatic carbocycles. The van der Waals surface area contributed by atoms with Crippen molar-refractivity contribution in [1.29, 1.82) is 0 Å². The zero-order valence-corrected chi connectivity index (χ0v) is 13.8. The maximum atomic E-state index is 12.2. The number of rotatable bonds is 8. The summed E-state index contributed by atoms with van der Waals surface area (Å²) >= 11 is 0. The van der Waals surface area contributed by atoms with Crippen molar-refractivity contribution in [3.63, 3.8) is 0 Å². The average molecular weight is 324 g/mol. The van der Waals surface area contributed by atoms with Crippen molar-refractivity contribution in [2.24, 2.45) is 0 Å². The molecule has 2 aromatic rings. The Morgan fingerprint density at radius 1 is 1.08 bits per heavy atom. The molecule has 0 N–H and O–H groups in total. The van der Waals surface area contributed by atoms with Crippen LogP contribution < -0.4 is 14.2 Å². The van der Waals surface area contributed by atoms with Crippen LogP contribution in [0.1, 0.15) is 15.9 Å². The van der Waals surface area contributed by atoms with Crippen LogP contribution in [0.15, 0.2) is 61.2 Å². The topological polar surface area (TPSA) is 44.8 Å². The number of carbonyl (C=O) groups is 1. The van der Waals surface area contributed by atoms with Crippen LogP contribution in [0.4, 0.5) is 0 Å². The number of hydrogen-bond donors (Lipinski definition) is 0. The molecular weight excluding hydrogens is 304 g/mol. The van der Waals surface area contributed by atoms with Gasteiger partial charge >= 0.3 is 0 Å². The van der Waals surface area contributed by atoms with Crippen LogP contribution >= 0.6 is 0 Å². The molecule has 0 amide bonds. The minimum atomic E-state index is -0.0690. The smallest absolute Gasteiger partial charge is 0.203 e. The second-order valence-electron chi connectivity index (χ2n) is 4.92. The van der Waals surface area contributed by atoms with E-state index in [0.717, 1.165) is 5.56 Å². The number of ether oxygens (including phenoxy) is 3. The summed E-state index contributed by atoms with van der Waals surface area (Å²) < 4.78 is 16.3. The van der Waals surface area contributed by atoms with Crippen LogP contribution in [-0.2, 0) is 0 Å². The van der Waals surface area contributed by atoms with Crippen LogP contribution in [0.25, 0.3) is 6.08 Å². The van der Waals surface area contributed by atoms with E-state index in [2.05, 4.69) is 6.58 Å². The van der Waals surface area contributed by atoms with E-state index in [9.17, 15) is 4.79 Å². The molecule has 0 saturated heterocycles. The summed E-state index contributed by atoms with van der Waals surface area (Å²) in [7, 11) is 3.11. The fourth-order valence-electron chi connectivity index (χ4n) is 2.15. The second kappa shape index (κ2) is 8.58. The molecule has 24 heavy (non-hydrogen) atoms. The molecule has 4 heteroatoms. The largest absolute Gasteiger partial charge is 0.493 e. The first-order valence-corrected chi connectivity index (χ1v) is 7.46. The Morgan fingerprint density at radius 3 is 2.25 bits per heavy atom. The highest BCUT2D eigenvalue weighted by Gasteiger charge is 2.13. The number of benzene rings is 2. The van der Waals surface area contributed by atoms with Gasteiger partial charge in [0, 0.05) is 5.56 Å². The summed E-state index contributed by atoms with van der Waals surface area (Å²) in [6.45, 7) is 3.97. The Hall–Kier alpha value is -3.01. The molecule has 124 valence electrons. The van der Waals surface area contributed by atoms with Crippen molar-refractivity contribution in [3.05, 3.63) is 72.3 Å². The highest BCUT2D eigenvalue weighted by Crippen LogP contribution is 2.38. The van der Waals surface area contributed by atoms with E-state index in [1.807, 2.05) is 18.2 Å². The Bertz CT molecular complexity index is 708. The van der Waals surface area contributed by atoms with Gasteiger partial charge in [0.25, 0.3) is 0 Å². The first-order valence-electron chi connectivity index (χ1n) is 7.46. The minimum absolute atomic E-state index is 0.0690. The van der Waals surface area contributed by atoms with Crippen molar-refractivity contribution in [2.75, 3.05) is 20.8 Å². The first kappa shape index (κ1) is 17.3. The predicted octanol–water partition coefficient (Wildman–Crippen LogP) is 4.16. The van der Waals surface area contributed by atoms with Gasteiger partial charge < -0.3 is 14.2 Å². The third kappa shape index (κ3) is 4.26. The Balaban J connectivity index is 2.28. The fourth-order valence-corrected chi connectivity index (χ4v) is 2.15. The highest BCUT2D eigenvalue weighted by molar-refractivity contribution is 6.06. The minimum Gasteiger partial charge on any atom is -0.493 e. The van der Waals surface area contributed by atoms with Crippen LogP contribution in [-0.4, -0.2) is 26.6 Å². The van der Waals surface area contributed by atoms with Crippen molar-refractivity contribution in [3.8, 4) is 17.2 Å². The van der Waals surface area contributed by atoms with Gasteiger partial charge in [-0.1, -0.05) is 49.1 Å². The molecule has 0 heterocycles. The summed E-state index contributed by atoms with van der Waals surface area (Å²) in [6, 6.07) is 12.7. The van der Waals surface area contributed by atoms with Gasteiger partial charge in [0.05, 0.1) is 14.2 Å². The molecule has 4 nitrogen and oxygen atoms in total. The number of hydrogen-bond acceptors (Lipinski definition) is 4. The summed E-state index contributed by atoms with van der Waals surface area (Å²) in [5.74, 6) is 1.50. The third-order valence-electron chi connectivity index (χ3n) is 3.31. The first-order chi connectivity index (χ1) is 11.7. The third-order valence-corrected chi connectivity index (χ3v) is 3.31. The van der Waals surface area contributed by atoms with Gasteiger partial charge in [-0.05, 0) is 23.8 Å². The molecule has 0 unspecified atom stereocenters. The number of ketones is 1. The second-order valence-corrected chi connectivity index (χ2v) is 4.92. The molecule has 0 radical (unpaired) electrons. The van der Waals surface area contributed by atoms with Gasteiger partial charge in [-0.25, -0.2) is 0 Å². The zero-order valence-electron chi connectivity index (χ0n) is 13.8. The number of allylic oxidation sites excluding steroid dienone is 1. The zero-order chi connectivity index (χ0) is 17.4. The molecule has 0 spiro atoms. The summed E-state index contributed by atoms with van der Waals surface area (Å²) in [5, 5.41) is 0. The SMILES string of the molecule is C=CCOc1c(OC)cc(C=CC(=O)c2ccccc2)cc1OC. The molecule has 0 saturated carbocycles. The molecule has 0 atom stereocenters. The Morgan fingerprint density at radius 2 is 1.71 bits per heavy atom. The lowest BCUT2D eigenvalue weighted by Gasteiger charge is -2.14. The Kier molecular flexibility index (Phi) is 6.20. The normalized spacial score (nSPS) is 10.4. The predicted molar refractivity (Wildman–Crippen MR) is 95.0 cm³/mol. The maximum Gasteiger partial charge on any atom is 0.203 e. The average Bonchev–Trinajstić information content (AvgIpc) is 2.64. The van der Waals surface area contributed by atoms with Crippen LogP contribution in [0.5, 0.6) is 17.2 Å². The molecule has 2 rings (SSSR count). The fraction of sp³-hybridized carbons (Fsp3) is 0.150. The summed E-state index contributed by atoms with van der Waals surface area (Å²) in [6.07, 6.45) is 4.89. The van der Waals surface area contributed by atoms with E-state index >= 15 is 0 Å². The lowest BCUT2D eigenvalue weighted by atomic mass is 10.1. The van der Waals surface area contributed by atoms with E-state index in [1.165, 1.54) is 6.08 Å².